The van der Waals surface area contributed by atoms with Crippen LogP contribution in [0.2, 0.25) is 0 Å². The van der Waals surface area contributed by atoms with Gasteiger partial charge < -0.3 is 10.8 Å². The van der Waals surface area contributed by atoms with Gasteiger partial charge in [0.15, 0.2) is 0 Å². The third kappa shape index (κ3) is 4.43. The number of nitrogens with two attached hydrogens (primary N) is 1. The van der Waals surface area contributed by atoms with Crippen molar-refractivity contribution in [3.8, 4) is 0 Å². The highest BCUT2D eigenvalue weighted by Crippen LogP contribution is 2.34. The Hall–Kier alpha value is -1.64. The first-order chi connectivity index (χ1) is 10.8. The third-order valence-corrected chi connectivity index (χ3v) is 4.25. The molecule has 0 atom stereocenters. The van der Waals surface area contributed by atoms with Gasteiger partial charge in [0.2, 0.25) is 0 Å². The summed E-state index contributed by atoms with van der Waals surface area (Å²) in [7, 11) is 0. The molecule has 3 N–H and O–H groups in total. The van der Waals surface area contributed by atoms with Crippen LogP contribution in [0.3, 0.4) is 0 Å². The van der Waals surface area contributed by atoms with E-state index < -0.39 is 5.60 Å². The van der Waals surface area contributed by atoms with Crippen LogP contribution >= 0.6 is 0 Å². The Morgan fingerprint density at radius 3 is 1.64 bits per heavy atom. The van der Waals surface area contributed by atoms with Crippen LogP contribution in [0.15, 0.2) is 60.7 Å². The molecule has 0 unspecified atom stereocenters. The number of hydrogen-bond donors (Lipinski definition) is 2. The average molecular weight is 297 g/mol. The zero-order valence-corrected chi connectivity index (χ0v) is 13.2. The van der Waals surface area contributed by atoms with E-state index >= 15 is 0 Å². The monoisotopic (exact) mass is 297 g/mol. The number of hydrogen-bond acceptors (Lipinski definition) is 2. The van der Waals surface area contributed by atoms with Crippen molar-refractivity contribution >= 4 is 0 Å². The molecule has 0 bridgehead atoms. The standard InChI is InChI=1S/C20H27NO/c21-17-11-3-1-2-10-16-20(22,18-12-6-4-7-13-18)19-14-8-5-9-15-19/h4-9,12-15,22H,1-3,10-11,16-17,21H2. The predicted molar refractivity (Wildman–Crippen MR) is 92.6 cm³/mol. The summed E-state index contributed by atoms with van der Waals surface area (Å²) in [5.74, 6) is 0. The summed E-state index contributed by atoms with van der Waals surface area (Å²) in [5.41, 5.74) is 6.58. The van der Waals surface area contributed by atoms with E-state index in [0.717, 1.165) is 43.4 Å². The lowest BCUT2D eigenvalue weighted by molar-refractivity contribution is 0.0678. The molecule has 2 aromatic rings. The fourth-order valence-corrected chi connectivity index (χ4v) is 2.94. The van der Waals surface area contributed by atoms with Gasteiger partial charge in [-0.05, 0) is 36.9 Å². The van der Waals surface area contributed by atoms with Gasteiger partial charge in [-0.3, -0.25) is 0 Å². The Kier molecular flexibility index (Phi) is 6.63. The Morgan fingerprint density at radius 2 is 1.14 bits per heavy atom. The minimum Gasteiger partial charge on any atom is -0.380 e. The van der Waals surface area contributed by atoms with Crippen LogP contribution in [0.25, 0.3) is 0 Å². The molecule has 0 fully saturated rings. The van der Waals surface area contributed by atoms with Gasteiger partial charge in [0.1, 0.15) is 5.60 Å². The average Bonchev–Trinajstić information content (AvgIpc) is 2.59. The largest absolute Gasteiger partial charge is 0.380 e. The Balaban J connectivity index is 2.07. The molecule has 0 spiro atoms. The minimum atomic E-state index is -0.892. The highest BCUT2D eigenvalue weighted by molar-refractivity contribution is 5.35. The van der Waals surface area contributed by atoms with E-state index in [1.165, 1.54) is 12.8 Å². The first kappa shape index (κ1) is 16.7. The summed E-state index contributed by atoms with van der Waals surface area (Å²) in [6.07, 6.45) is 6.39. The third-order valence-electron chi connectivity index (χ3n) is 4.25. The van der Waals surface area contributed by atoms with Crippen molar-refractivity contribution in [2.24, 2.45) is 5.73 Å². The maximum Gasteiger partial charge on any atom is 0.115 e. The number of rotatable bonds is 9. The quantitative estimate of drug-likeness (QED) is 0.681. The second kappa shape index (κ2) is 8.72. The smallest absolute Gasteiger partial charge is 0.115 e. The van der Waals surface area contributed by atoms with Gasteiger partial charge in [0.25, 0.3) is 0 Å². The molecule has 2 rings (SSSR count). The molecule has 2 aromatic carbocycles. The Bertz CT molecular complexity index is 484. The fourth-order valence-electron chi connectivity index (χ4n) is 2.94. The molecule has 0 amide bonds. The lowest BCUT2D eigenvalue weighted by atomic mass is 9.82. The maximum absolute atomic E-state index is 11.3. The van der Waals surface area contributed by atoms with E-state index in [-0.39, 0.29) is 0 Å². The zero-order chi connectivity index (χ0) is 15.7. The van der Waals surface area contributed by atoms with Crippen molar-refractivity contribution in [2.75, 3.05) is 6.54 Å². The molecule has 0 aliphatic heterocycles. The Labute approximate surface area is 134 Å². The van der Waals surface area contributed by atoms with Crippen molar-refractivity contribution in [1.29, 1.82) is 0 Å². The first-order valence-electron chi connectivity index (χ1n) is 8.31. The van der Waals surface area contributed by atoms with Crippen LogP contribution in [0.5, 0.6) is 0 Å². The van der Waals surface area contributed by atoms with Crippen molar-refractivity contribution < 1.29 is 5.11 Å². The second-order valence-electron chi connectivity index (χ2n) is 5.90. The summed E-state index contributed by atoms with van der Waals surface area (Å²) in [6.45, 7) is 0.776. The van der Waals surface area contributed by atoms with Gasteiger partial charge in [0, 0.05) is 0 Å². The van der Waals surface area contributed by atoms with Crippen molar-refractivity contribution in [1.82, 2.24) is 0 Å². The van der Waals surface area contributed by atoms with Crippen LogP contribution < -0.4 is 5.73 Å². The molecular formula is C20H27NO. The molecule has 0 aliphatic carbocycles. The molecule has 118 valence electrons. The number of benzene rings is 2. The van der Waals surface area contributed by atoms with Gasteiger partial charge in [-0.2, -0.15) is 0 Å². The van der Waals surface area contributed by atoms with E-state index in [1.54, 1.807) is 0 Å². The lowest BCUT2D eigenvalue weighted by Gasteiger charge is -2.29. The predicted octanol–water partition coefficient (Wildman–Crippen LogP) is 4.22. The normalized spacial score (nSPS) is 11.5. The molecule has 0 saturated carbocycles. The van der Waals surface area contributed by atoms with Crippen LogP contribution in [0.4, 0.5) is 0 Å². The SMILES string of the molecule is NCCCCCCCC(O)(c1ccccc1)c1ccccc1. The highest BCUT2D eigenvalue weighted by atomic mass is 16.3. The first-order valence-corrected chi connectivity index (χ1v) is 8.31. The molecule has 0 heterocycles. The van der Waals surface area contributed by atoms with Gasteiger partial charge in [-0.15, -0.1) is 0 Å². The topological polar surface area (TPSA) is 46.2 Å². The van der Waals surface area contributed by atoms with E-state index in [4.69, 9.17) is 5.73 Å². The zero-order valence-electron chi connectivity index (χ0n) is 13.2. The molecule has 22 heavy (non-hydrogen) atoms. The molecule has 2 heteroatoms. The maximum atomic E-state index is 11.3. The van der Waals surface area contributed by atoms with Crippen molar-refractivity contribution in [3.05, 3.63) is 71.8 Å². The molecular weight excluding hydrogens is 270 g/mol. The van der Waals surface area contributed by atoms with Crippen molar-refractivity contribution in [2.45, 2.75) is 44.1 Å². The lowest BCUT2D eigenvalue weighted by Crippen LogP contribution is -2.27. The number of aliphatic hydroxyl groups is 1. The summed E-state index contributed by atoms with van der Waals surface area (Å²) < 4.78 is 0. The highest BCUT2D eigenvalue weighted by Gasteiger charge is 2.30. The summed E-state index contributed by atoms with van der Waals surface area (Å²) in [5, 5.41) is 11.3. The summed E-state index contributed by atoms with van der Waals surface area (Å²) in [4.78, 5) is 0. The summed E-state index contributed by atoms with van der Waals surface area (Å²) >= 11 is 0. The van der Waals surface area contributed by atoms with Gasteiger partial charge in [-0.1, -0.05) is 79.9 Å². The van der Waals surface area contributed by atoms with E-state index in [0.29, 0.717) is 0 Å². The molecule has 2 nitrogen and oxygen atoms in total. The van der Waals surface area contributed by atoms with Gasteiger partial charge >= 0.3 is 0 Å². The Morgan fingerprint density at radius 1 is 0.682 bits per heavy atom. The second-order valence-corrected chi connectivity index (χ2v) is 5.90. The molecule has 0 aliphatic rings. The molecule has 0 aromatic heterocycles. The molecule has 0 radical (unpaired) electrons. The van der Waals surface area contributed by atoms with Crippen LogP contribution in [-0.4, -0.2) is 11.7 Å². The van der Waals surface area contributed by atoms with Crippen LogP contribution in [0, 0.1) is 0 Å². The molecule has 0 saturated heterocycles. The van der Waals surface area contributed by atoms with E-state index in [9.17, 15) is 5.11 Å². The van der Waals surface area contributed by atoms with Crippen LogP contribution in [0.1, 0.15) is 49.7 Å². The summed E-state index contributed by atoms with van der Waals surface area (Å²) in [6, 6.07) is 20.0. The van der Waals surface area contributed by atoms with Crippen molar-refractivity contribution in [3.63, 3.8) is 0 Å². The fraction of sp³-hybridized carbons (Fsp3) is 0.400. The van der Waals surface area contributed by atoms with Crippen LogP contribution in [-0.2, 0) is 5.60 Å². The van der Waals surface area contributed by atoms with E-state index in [2.05, 4.69) is 0 Å². The van der Waals surface area contributed by atoms with Gasteiger partial charge in [0.05, 0.1) is 0 Å². The van der Waals surface area contributed by atoms with Gasteiger partial charge in [-0.25, -0.2) is 0 Å². The van der Waals surface area contributed by atoms with E-state index in [1.807, 2.05) is 60.7 Å². The minimum absolute atomic E-state index is 0.754. The number of unbranched alkanes of at least 4 members (excludes halogenated alkanes) is 4.